The number of hydrogen-bond acceptors (Lipinski definition) is 1. The zero-order valence-electron chi connectivity index (χ0n) is 14.2. The zero-order chi connectivity index (χ0) is 15.6. The number of carbonyl (C=O) groups is 1. The van der Waals surface area contributed by atoms with Crippen LogP contribution < -0.4 is 4.90 Å². The van der Waals surface area contributed by atoms with Crippen molar-refractivity contribution in [3.05, 3.63) is 23.5 Å². The Labute approximate surface area is 128 Å². The first-order valence-electron chi connectivity index (χ1n) is 8.04. The topological polar surface area (TPSA) is 29.7 Å². The smallest absolute Gasteiger partial charge is 0.228 e. The Bertz CT molecular complexity index is 471. The van der Waals surface area contributed by atoms with Crippen LogP contribution in [0.1, 0.15) is 32.2 Å². The minimum Gasteiger partial charge on any atom is -0.344 e. The minimum absolute atomic E-state index is 0.253. The molecule has 0 atom stereocenters. The summed E-state index contributed by atoms with van der Waals surface area (Å²) in [6, 6.07) is 4.37. The second-order valence-corrected chi connectivity index (χ2v) is 7.31. The molecular formula is C17H30N3O+. The molecule has 0 radical (unpaired) electrons. The molecule has 0 aliphatic carbocycles. The number of piperazine rings is 1. The predicted molar refractivity (Wildman–Crippen MR) is 85.5 cm³/mol. The van der Waals surface area contributed by atoms with Crippen LogP contribution in [0, 0.1) is 19.3 Å². The molecule has 1 amide bonds. The van der Waals surface area contributed by atoms with Crippen molar-refractivity contribution in [2.24, 2.45) is 5.41 Å². The van der Waals surface area contributed by atoms with E-state index in [0.29, 0.717) is 5.91 Å². The maximum atomic E-state index is 12.3. The zero-order valence-corrected chi connectivity index (χ0v) is 14.2. The standard InChI is InChI=1S/C17H29N3O/c1-14-6-7-15(2)20(14)13-10-18-8-11-19(12-9-18)16(21)17(3,4)5/h6-7H,8-13H2,1-5H3/p+1. The Hall–Kier alpha value is -1.29. The van der Waals surface area contributed by atoms with Crippen LogP contribution in [0.25, 0.3) is 0 Å². The summed E-state index contributed by atoms with van der Waals surface area (Å²) < 4.78 is 2.39. The summed E-state index contributed by atoms with van der Waals surface area (Å²) in [5.74, 6) is 0.290. The van der Waals surface area contributed by atoms with Crippen LogP contribution in [0.15, 0.2) is 12.1 Å². The second-order valence-electron chi connectivity index (χ2n) is 7.31. The third-order valence-electron chi connectivity index (χ3n) is 4.51. The molecule has 1 aliphatic rings. The number of aromatic nitrogens is 1. The molecule has 1 aliphatic heterocycles. The molecule has 4 heteroatoms. The third kappa shape index (κ3) is 3.88. The van der Waals surface area contributed by atoms with E-state index in [1.807, 2.05) is 25.7 Å². The molecule has 0 bridgehead atoms. The van der Waals surface area contributed by atoms with E-state index < -0.39 is 0 Å². The first-order chi connectivity index (χ1) is 9.79. The summed E-state index contributed by atoms with van der Waals surface area (Å²) in [5.41, 5.74) is 2.43. The second kappa shape index (κ2) is 6.22. The van der Waals surface area contributed by atoms with Gasteiger partial charge in [-0.2, -0.15) is 0 Å². The van der Waals surface area contributed by atoms with Crippen LogP contribution >= 0.6 is 0 Å². The van der Waals surface area contributed by atoms with Gasteiger partial charge in [0.15, 0.2) is 0 Å². The summed E-state index contributed by atoms with van der Waals surface area (Å²) in [6.45, 7) is 16.5. The van der Waals surface area contributed by atoms with Gasteiger partial charge in [-0.3, -0.25) is 4.79 Å². The molecular weight excluding hydrogens is 262 g/mol. The number of aryl methyl sites for hydroxylation is 2. The Morgan fingerprint density at radius 2 is 1.67 bits per heavy atom. The van der Waals surface area contributed by atoms with E-state index in [4.69, 9.17) is 0 Å². The van der Waals surface area contributed by atoms with Gasteiger partial charge in [-0.1, -0.05) is 20.8 Å². The molecule has 0 spiro atoms. The van der Waals surface area contributed by atoms with Crippen LogP contribution in [0.2, 0.25) is 0 Å². The number of quaternary nitrogens is 1. The third-order valence-corrected chi connectivity index (χ3v) is 4.51. The molecule has 1 aromatic rings. The average molecular weight is 292 g/mol. The lowest BCUT2D eigenvalue weighted by molar-refractivity contribution is -0.904. The Kier molecular flexibility index (Phi) is 4.77. The van der Waals surface area contributed by atoms with Gasteiger partial charge in [0.2, 0.25) is 5.91 Å². The number of hydrogen-bond donors (Lipinski definition) is 1. The first-order valence-corrected chi connectivity index (χ1v) is 8.04. The van der Waals surface area contributed by atoms with Crippen molar-refractivity contribution in [1.82, 2.24) is 9.47 Å². The molecule has 118 valence electrons. The van der Waals surface area contributed by atoms with Crippen LogP contribution in [0.3, 0.4) is 0 Å². The van der Waals surface area contributed by atoms with E-state index in [0.717, 1.165) is 39.3 Å². The molecule has 1 saturated heterocycles. The lowest BCUT2D eigenvalue weighted by atomic mass is 9.94. The summed E-state index contributed by atoms with van der Waals surface area (Å²) >= 11 is 0. The Morgan fingerprint density at radius 3 is 2.14 bits per heavy atom. The van der Waals surface area contributed by atoms with Gasteiger partial charge >= 0.3 is 0 Å². The molecule has 21 heavy (non-hydrogen) atoms. The summed E-state index contributed by atoms with van der Waals surface area (Å²) in [7, 11) is 0. The van der Waals surface area contributed by atoms with Gasteiger partial charge in [-0.05, 0) is 26.0 Å². The lowest BCUT2D eigenvalue weighted by Crippen LogP contribution is -3.15. The molecule has 2 heterocycles. The molecule has 2 rings (SSSR count). The molecule has 1 fully saturated rings. The molecule has 4 nitrogen and oxygen atoms in total. The van der Waals surface area contributed by atoms with Crippen molar-refractivity contribution < 1.29 is 9.69 Å². The molecule has 1 N–H and O–H groups in total. The predicted octanol–water partition coefficient (Wildman–Crippen LogP) is 0.878. The van der Waals surface area contributed by atoms with Crippen molar-refractivity contribution >= 4 is 5.91 Å². The van der Waals surface area contributed by atoms with E-state index in [-0.39, 0.29) is 5.41 Å². The highest BCUT2D eigenvalue weighted by molar-refractivity contribution is 5.81. The number of nitrogens with one attached hydrogen (secondary N) is 1. The quantitative estimate of drug-likeness (QED) is 0.880. The minimum atomic E-state index is -0.253. The van der Waals surface area contributed by atoms with Gasteiger partial charge in [0.1, 0.15) is 0 Å². The van der Waals surface area contributed by atoms with Crippen LogP contribution in [0.4, 0.5) is 0 Å². The number of carbonyl (C=O) groups excluding carboxylic acids is 1. The van der Waals surface area contributed by atoms with Crippen LogP contribution in [-0.4, -0.2) is 48.1 Å². The maximum absolute atomic E-state index is 12.3. The van der Waals surface area contributed by atoms with Crippen molar-refractivity contribution in [2.45, 2.75) is 41.2 Å². The van der Waals surface area contributed by atoms with Gasteiger partial charge in [0, 0.05) is 16.8 Å². The van der Waals surface area contributed by atoms with E-state index >= 15 is 0 Å². The Balaban J connectivity index is 1.81. The van der Waals surface area contributed by atoms with E-state index in [1.54, 1.807) is 4.90 Å². The van der Waals surface area contributed by atoms with Crippen LogP contribution in [-0.2, 0) is 11.3 Å². The van der Waals surface area contributed by atoms with E-state index in [2.05, 4.69) is 30.5 Å². The molecule has 1 aromatic heterocycles. The average Bonchev–Trinajstić information content (AvgIpc) is 2.75. The monoisotopic (exact) mass is 292 g/mol. The van der Waals surface area contributed by atoms with Gasteiger partial charge in [-0.15, -0.1) is 0 Å². The largest absolute Gasteiger partial charge is 0.344 e. The van der Waals surface area contributed by atoms with Crippen LogP contribution in [0.5, 0.6) is 0 Å². The van der Waals surface area contributed by atoms with Crippen molar-refractivity contribution in [2.75, 3.05) is 32.7 Å². The fourth-order valence-electron chi connectivity index (χ4n) is 3.07. The lowest BCUT2D eigenvalue weighted by Gasteiger charge is -2.35. The van der Waals surface area contributed by atoms with Gasteiger partial charge < -0.3 is 14.4 Å². The Morgan fingerprint density at radius 1 is 1.14 bits per heavy atom. The fourth-order valence-corrected chi connectivity index (χ4v) is 3.07. The van der Waals surface area contributed by atoms with Gasteiger partial charge in [-0.25, -0.2) is 0 Å². The van der Waals surface area contributed by atoms with Gasteiger partial charge in [0.25, 0.3) is 0 Å². The van der Waals surface area contributed by atoms with E-state index in [9.17, 15) is 4.79 Å². The molecule has 0 saturated carbocycles. The van der Waals surface area contributed by atoms with E-state index in [1.165, 1.54) is 11.4 Å². The first kappa shape index (κ1) is 16.1. The van der Waals surface area contributed by atoms with Gasteiger partial charge in [0.05, 0.1) is 39.3 Å². The highest BCUT2D eigenvalue weighted by atomic mass is 16.2. The fraction of sp³-hybridized carbons (Fsp3) is 0.706. The number of amides is 1. The van der Waals surface area contributed by atoms with Crippen molar-refractivity contribution in [3.8, 4) is 0 Å². The SMILES string of the molecule is Cc1ccc(C)n1CC[NH+]1CCN(C(=O)C(C)(C)C)CC1. The highest BCUT2D eigenvalue weighted by Crippen LogP contribution is 2.17. The normalized spacial score (nSPS) is 17.3. The maximum Gasteiger partial charge on any atom is 0.228 e. The number of nitrogens with zero attached hydrogens (tertiary/aromatic N) is 2. The summed E-state index contributed by atoms with van der Waals surface area (Å²) in [4.78, 5) is 15.9. The highest BCUT2D eigenvalue weighted by Gasteiger charge is 2.30. The van der Waals surface area contributed by atoms with Crippen molar-refractivity contribution in [3.63, 3.8) is 0 Å². The number of rotatable bonds is 3. The molecule has 0 aromatic carbocycles. The molecule has 0 unspecified atom stereocenters. The summed E-state index contributed by atoms with van der Waals surface area (Å²) in [6.07, 6.45) is 0. The summed E-state index contributed by atoms with van der Waals surface area (Å²) in [5, 5.41) is 0. The van der Waals surface area contributed by atoms with Crippen molar-refractivity contribution in [1.29, 1.82) is 0 Å².